The first-order chi connectivity index (χ1) is 12.2. The fraction of sp³-hybridized carbons (Fsp3) is 0.810. The van der Waals surface area contributed by atoms with Crippen LogP contribution < -0.4 is 0 Å². The Labute approximate surface area is 168 Å². The SMILES string of the molecule is CC12CCC(=O)C=C1CCC1C2[C@@H](O)CC2(C)C1CC[C@]2(O)C(=O)CI. The normalized spacial score (nSPS) is 50.5. The molecule has 0 amide bonds. The van der Waals surface area contributed by atoms with E-state index in [9.17, 15) is 19.8 Å². The Morgan fingerprint density at radius 2 is 2.00 bits per heavy atom. The number of halogens is 1. The number of carbonyl (C=O) groups excluding carboxylic acids is 2. The number of carbonyl (C=O) groups is 2. The first-order valence-electron chi connectivity index (χ1n) is 9.91. The standard InChI is InChI=1S/C21H29IO4/c1-19-7-5-13(23)9-12(19)3-4-14-15-6-8-21(26,17(25)11-22)20(15,2)10-16(24)18(14)19/h9,14-16,18,24,26H,3-8,10-11H2,1-2H3/t14?,15?,16-,18?,19?,20?,21-/m0/s1. The lowest BCUT2D eigenvalue weighted by Gasteiger charge is -2.60. The third kappa shape index (κ3) is 2.32. The molecule has 4 aliphatic carbocycles. The molecule has 3 fully saturated rings. The van der Waals surface area contributed by atoms with E-state index in [0.29, 0.717) is 29.6 Å². The van der Waals surface area contributed by atoms with Crippen LogP contribution in [0, 0.1) is 28.6 Å². The van der Waals surface area contributed by atoms with E-state index in [1.807, 2.05) is 35.6 Å². The summed E-state index contributed by atoms with van der Waals surface area (Å²) in [5, 5.41) is 22.6. The molecule has 0 heterocycles. The van der Waals surface area contributed by atoms with Gasteiger partial charge in [-0.3, -0.25) is 9.59 Å². The smallest absolute Gasteiger partial charge is 0.174 e. The molecule has 3 saturated carbocycles. The summed E-state index contributed by atoms with van der Waals surface area (Å²) < 4.78 is 0.313. The fourth-order valence-electron chi connectivity index (χ4n) is 7.26. The van der Waals surface area contributed by atoms with Gasteiger partial charge in [0.1, 0.15) is 5.60 Å². The Balaban J connectivity index is 1.74. The molecule has 2 N–H and O–H groups in total. The maximum Gasteiger partial charge on any atom is 0.174 e. The highest BCUT2D eigenvalue weighted by Crippen LogP contribution is 2.67. The van der Waals surface area contributed by atoms with Gasteiger partial charge in [-0.15, -0.1) is 0 Å². The summed E-state index contributed by atoms with van der Waals surface area (Å²) in [6.07, 6.45) is 6.40. The van der Waals surface area contributed by atoms with E-state index in [0.717, 1.165) is 25.7 Å². The number of aliphatic hydroxyl groups excluding tert-OH is 1. The van der Waals surface area contributed by atoms with Gasteiger partial charge in [-0.25, -0.2) is 0 Å². The van der Waals surface area contributed by atoms with Crippen molar-refractivity contribution < 1.29 is 19.8 Å². The molecule has 0 radical (unpaired) electrons. The molecule has 4 aliphatic rings. The van der Waals surface area contributed by atoms with Gasteiger partial charge in [-0.1, -0.05) is 42.0 Å². The number of ketones is 2. The zero-order valence-corrected chi connectivity index (χ0v) is 17.8. The van der Waals surface area contributed by atoms with Crippen molar-refractivity contribution in [2.24, 2.45) is 28.6 Å². The predicted octanol–water partition coefficient (Wildman–Crippen LogP) is 3.22. The Morgan fingerprint density at radius 1 is 1.27 bits per heavy atom. The van der Waals surface area contributed by atoms with E-state index in [1.54, 1.807) is 0 Å². The van der Waals surface area contributed by atoms with E-state index in [1.165, 1.54) is 5.57 Å². The fourth-order valence-corrected chi connectivity index (χ4v) is 7.89. The van der Waals surface area contributed by atoms with E-state index < -0.39 is 17.1 Å². The van der Waals surface area contributed by atoms with E-state index in [2.05, 4.69) is 6.92 Å². The molecule has 4 nitrogen and oxygen atoms in total. The third-order valence-electron chi connectivity index (χ3n) is 8.63. The molecule has 0 aliphatic heterocycles. The molecule has 5 heteroatoms. The van der Waals surface area contributed by atoms with Crippen LogP contribution in [0.5, 0.6) is 0 Å². The molecule has 0 saturated heterocycles. The molecule has 0 bridgehead atoms. The van der Waals surface area contributed by atoms with Gasteiger partial charge in [-0.2, -0.15) is 0 Å². The van der Waals surface area contributed by atoms with Gasteiger partial charge in [0.15, 0.2) is 11.6 Å². The molecule has 0 spiro atoms. The maximum atomic E-state index is 12.6. The average molecular weight is 472 g/mol. The van der Waals surface area contributed by atoms with Crippen LogP contribution in [0.25, 0.3) is 0 Å². The second kappa shape index (κ2) is 6.11. The Bertz CT molecular complexity index is 687. The minimum atomic E-state index is -1.30. The van der Waals surface area contributed by atoms with Crippen LogP contribution in [0.1, 0.15) is 58.8 Å². The van der Waals surface area contributed by atoms with E-state index >= 15 is 0 Å². The van der Waals surface area contributed by atoms with Gasteiger partial charge < -0.3 is 10.2 Å². The van der Waals surface area contributed by atoms with Crippen LogP contribution >= 0.6 is 22.6 Å². The number of rotatable bonds is 2. The van der Waals surface area contributed by atoms with E-state index in [-0.39, 0.29) is 28.8 Å². The summed E-state index contributed by atoms with van der Waals surface area (Å²) in [5.41, 5.74) is -0.748. The summed E-state index contributed by atoms with van der Waals surface area (Å²) in [6, 6.07) is 0. The van der Waals surface area contributed by atoms with E-state index in [4.69, 9.17) is 0 Å². The number of hydrogen-bond acceptors (Lipinski definition) is 4. The van der Waals surface area contributed by atoms with Gasteiger partial charge in [0.25, 0.3) is 0 Å². The number of alkyl halides is 1. The number of allylic oxidation sites excluding steroid dienone is 1. The summed E-state index contributed by atoms with van der Waals surface area (Å²) >= 11 is 2.04. The van der Waals surface area contributed by atoms with Crippen LogP contribution in [0.4, 0.5) is 0 Å². The van der Waals surface area contributed by atoms with Crippen molar-refractivity contribution in [1.29, 1.82) is 0 Å². The second-order valence-electron chi connectivity index (χ2n) is 9.53. The van der Waals surface area contributed by atoms with Crippen molar-refractivity contribution in [3.05, 3.63) is 11.6 Å². The predicted molar refractivity (Wildman–Crippen MR) is 107 cm³/mol. The first-order valence-corrected chi connectivity index (χ1v) is 11.4. The second-order valence-corrected chi connectivity index (χ2v) is 10.3. The summed E-state index contributed by atoms with van der Waals surface area (Å²) in [6.45, 7) is 4.26. The summed E-state index contributed by atoms with van der Waals surface area (Å²) in [7, 11) is 0. The molecule has 26 heavy (non-hydrogen) atoms. The van der Waals surface area contributed by atoms with Crippen molar-refractivity contribution in [3.8, 4) is 0 Å². The lowest BCUT2D eigenvalue weighted by atomic mass is 9.45. The zero-order chi connectivity index (χ0) is 18.9. The number of hydrogen-bond donors (Lipinski definition) is 2. The van der Waals surface area contributed by atoms with Crippen LogP contribution in [0.2, 0.25) is 0 Å². The molecule has 144 valence electrons. The highest BCUT2D eigenvalue weighted by Gasteiger charge is 2.68. The molecule has 0 aromatic rings. The average Bonchev–Trinajstić information content (AvgIpc) is 2.86. The number of aliphatic hydroxyl groups is 2. The summed E-state index contributed by atoms with van der Waals surface area (Å²) in [4.78, 5) is 24.5. The van der Waals surface area contributed by atoms with Gasteiger partial charge in [0.2, 0.25) is 0 Å². The van der Waals surface area contributed by atoms with Gasteiger partial charge in [0, 0.05) is 11.8 Å². The molecule has 0 aromatic carbocycles. The molecular formula is C21H29IO4. The molecule has 7 atom stereocenters. The van der Waals surface area contributed by atoms with Crippen molar-refractivity contribution in [2.75, 3.05) is 4.43 Å². The third-order valence-corrected chi connectivity index (χ3v) is 9.32. The Hall–Kier alpha value is -0.270. The van der Waals surface area contributed by atoms with Crippen LogP contribution in [-0.4, -0.2) is 37.9 Å². The molecule has 0 aromatic heterocycles. The Morgan fingerprint density at radius 3 is 2.69 bits per heavy atom. The monoisotopic (exact) mass is 472 g/mol. The largest absolute Gasteiger partial charge is 0.393 e. The maximum absolute atomic E-state index is 12.6. The van der Waals surface area contributed by atoms with Gasteiger partial charge in [-0.05, 0) is 67.8 Å². The molecule has 4 rings (SSSR count). The minimum Gasteiger partial charge on any atom is -0.393 e. The molecule has 5 unspecified atom stereocenters. The first kappa shape index (κ1) is 19.1. The van der Waals surface area contributed by atoms with Crippen LogP contribution in [0.3, 0.4) is 0 Å². The van der Waals surface area contributed by atoms with Crippen molar-refractivity contribution >= 4 is 34.2 Å². The number of fused-ring (bicyclic) bond motifs is 5. The van der Waals surface area contributed by atoms with Gasteiger partial charge >= 0.3 is 0 Å². The lowest BCUT2D eigenvalue weighted by molar-refractivity contribution is -0.178. The minimum absolute atomic E-state index is 0.0837. The lowest BCUT2D eigenvalue weighted by Crippen LogP contribution is -2.61. The topological polar surface area (TPSA) is 74.6 Å². The van der Waals surface area contributed by atoms with Crippen molar-refractivity contribution in [1.82, 2.24) is 0 Å². The van der Waals surface area contributed by atoms with Crippen molar-refractivity contribution in [2.45, 2.75) is 70.5 Å². The zero-order valence-electron chi connectivity index (χ0n) is 15.6. The Kier molecular flexibility index (Phi) is 4.48. The van der Waals surface area contributed by atoms with Crippen LogP contribution in [0.15, 0.2) is 11.6 Å². The van der Waals surface area contributed by atoms with Crippen LogP contribution in [-0.2, 0) is 9.59 Å². The van der Waals surface area contributed by atoms with Crippen molar-refractivity contribution in [3.63, 3.8) is 0 Å². The quantitative estimate of drug-likeness (QED) is 0.478. The van der Waals surface area contributed by atoms with Gasteiger partial charge in [0.05, 0.1) is 10.5 Å². The number of Topliss-reactive ketones (excluding diaryl/α,β-unsaturated/α-hetero) is 1. The molecular weight excluding hydrogens is 443 g/mol. The highest BCUT2D eigenvalue weighted by molar-refractivity contribution is 14.1. The highest BCUT2D eigenvalue weighted by atomic mass is 127. The summed E-state index contributed by atoms with van der Waals surface area (Å²) in [5.74, 6) is 0.846.